The van der Waals surface area contributed by atoms with Crippen LogP contribution in [0.25, 0.3) is 61.4 Å². The molecule has 286 valence electrons. The van der Waals surface area contributed by atoms with Crippen LogP contribution in [0, 0.1) is 0 Å². The number of benzene rings is 7. The number of hydrogen-bond acceptors (Lipinski definition) is 6. The van der Waals surface area contributed by atoms with E-state index in [-0.39, 0.29) is 5.92 Å². The van der Waals surface area contributed by atoms with E-state index in [1.165, 1.54) is 10.9 Å². The summed E-state index contributed by atoms with van der Waals surface area (Å²) in [5.74, 6) is 2.67. The Kier molecular flexibility index (Phi) is 8.70. The highest BCUT2D eigenvalue weighted by Gasteiger charge is 2.39. The largest absolute Gasteiger partial charge is 0.487 e. The lowest BCUT2D eigenvalue weighted by molar-refractivity contribution is 0.307. The highest BCUT2D eigenvalue weighted by atomic mass is 16.5. The first kappa shape index (κ1) is 35.3. The van der Waals surface area contributed by atoms with Gasteiger partial charge < -0.3 is 9.30 Å². The molecule has 0 N–H and O–H groups in total. The first-order chi connectivity index (χ1) is 29.7. The van der Waals surface area contributed by atoms with Crippen LogP contribution in [0.15, 0.2) is 199 Å². The van der Waals surface area contributed by atoms with Crippen molar-refractivity contribution in [3.05, 3.63) is 205 Å². The molecule has 7 nitrogen and oxygen atoms in total. The third-order valence-corrected chi connectivity index (χ3v) is 11.6. The molecule has 0 bridgehead atoms. The van der Waals surface area contributed by atoms with Crippen molar-refractivity contribution < 1.29 is 4.74 Å². The summed E-state index contributed by atoms with van der Waals surface area (Å²) in [6.45, 7) is 4.11. The zero-order valence-electron chi connectivity index (χ0n) is 32.7. The smallest absolute Gasteiger partial charge is 0.238 e. The standard InChI is InChI=1S/C53H38N6O/c1-54-45-20-10-13-23-48(45)60-34-35-24-30-40(31-25-35)58-46-21-11-8-18-41(46)43-32-33-44-42-19-9-12-22-47(42)59(50(44)49(43)58)53-56-51(38-16-6-3-7-17-38)55-52(57-53)39-28-26-37(27-29-39)36-14-4-2-5-15-36/h2-18,20-33,42H,1,19,34H2. The summed E-state index contributed by atoms with van der Waals surface area (Å²) < 4.78 is 8.59. The second-order valence-corrected chi connectivity index (χ2v) is 15.1. The van der Waals surface area contributed by atoms with Crippen LogP contribution in [0.5, 0.6) is 5.75 Å². The third kappa shape index (κ3) is 6.07. The van der Waals surface area contributed by atoms with Crippen LogP contribution in [0.1, 0.15) is 23.5 Å². The van der Waals surface area contributed by atoms with Crippen LogP contribution in [-0.2, 0) is 6.61 Å². The molecule has 60 heavy (non-hydrogen) atoms. The van der Waals surface area contributed by atoms with Gasteiger partial charge in [-0.15, -0.1) is 0 Å². The summed E-state index contributed by atoms with van der Waals surface area (Å²) in [6, 6.07) is 58.7. The fourth-order valence-corrected chi connectivity index (χ4v) is 8.68. The lowest BCUT2D eigenvalue weighted by Gasteiger charge is -2.24. The second kappa shape index (κ2) is 14.8. The summed E-state index contributed by atoms with van der Waals surface area (Å²) in [6.07, 6.45) is 7.52. The van der Waals surface area contributed by atoms with E-state index in [0.717, 1.165) is 73.4 Å². The molecule has 0 radical (unpaired) electrons. The summed E-state index contributed by atoms with van der Waals surface area (Å²) >= 11 is 0. The summed E-state index contributed by atoms with van der Waals surface area (Å²) in [5.41, 5.74) is 12.7. The maximum Gasteiger partial charge on any atom is 0.238 e. The summed E-state index contributed by atoms with van der Waals surface area (Å²) in [7, 11) is 0. The maximum absolute atomic E-state index is 6.19. The zero-order chi connectivity index (χ0) is 40.0. The van der Waals surface area contributed by atoms with Gasteiger partial charge in [0.2, 0.25) is 5.95 Å². The van der Waals surface area contributed by atoms with Crippen molar-refractivity contribution >= 4 is 45.8 Å². The van der Waals surface area contributed by atoms with Gasteiger partial charge in [0.1, 0.15) is 18.0 Å². The van der Waals surface area contributed by atoms with E-state index in [2.05, 4.69) is 161 Å². The molecule has 0 spiro atoms. The van der Waals surface area contributed by atoms with Gasteiger partial charge in [-0.2, -0.15) is 9.97 Å². The van der Waals surface area contributed by atoms with Gasteiger partial charge in [-0.25, -0.2) is 4.98 Å². The second-order valence-electron chi connectivity index (χ2n) is 15.1. The van der Waals surface area contributed by atoms with Crippen molar-refractivity contribution in [2.75, 3.05) is 4.90 Å². The maximum atomic E-state index is 6.19. The first-order valence-electron chi connectivity index (χ1n) is 20.2. The molecule has 7 aromatic carbocycles. The minimum atomic E-state index is 0.138. The van der Waals surface area contributed by atoms with Gasteiger partial charge in [0.05, 0.1) is 16.7 Å². The van der Waals surface area contributed by atoms with Crippen molar-refractivity contribution in [3.8, 4) is 45.3 Å². The van der Waals surface area contributed by atoms with E-state index < -0.39 is 0 Å². The number of para-hydroxylation sites is 3. The van der Waals surface area contributed by atoms with Crippen LogP contribution in [0.3, 0.4) is 0 Å². The lowest BCUT2D eigenvalue weighted by Crippen LogP contribution is -2.19. The monoisotopic (exact) mass is 774 g/mol. The molecule has 0 saturated heterocycles. The Morgan fingerprint density at radius 2 is 1.27 bits per heavy atom. The van der Waals surface area contributed by atoms with Gasteiger partial charge in [0, 0.05) is 39.2 Å². The fraction of sp³-hybridized carbons (Fsp3) is 0.0566. The Balaban J connectivity index is 1.08. The molecule has 9 aromatic rings. The predicted octanol–water partition coefficient (Wildman–Crippen LogP) is 13.0. The Hall–Kier alpha value is -7.90. The molecular weight excluding hydrogens is 737 g/mol. The highest BCUT2D eigenvalue weighted by molar-refractivity contribution is 6.15. The van der Waals surface area contributed by atoms with E-state index in [1.54, 1.807) is 0 Å². The molecule has 1 aliphatic carbocycles. The molecule has 1 aliphatic heterocycles. The van der Waals surface area contributed by atoms with Crippen LogP contribution in [0.2, 0.25) is 0 Å². The average molecular weight is 775 g/mol. The average Bonchev–Trinajstić information content (AvgIpc) is 3.85. The molecule has 3 heterocycles. The van der Waals surface area contributed by atoms with E-state index in [1.807, 2.05) is 48.5 Å². The number of aromatic nitrogens is 4. The summed E-state index contributed by atoms with van der Waals surface area (Å²) in [4.78, 5) is 22.2. The molecule has 0 fully saturated rings. The Bertz CT molecular complexity index is 3130. The number of ether oxygens (including phenoxy) is 1. The minimum Gasteiger partial charge on any atom is -0.487 e. The van der Waals surface area contributed by atoms with Gasteiger partial charge in [0.15, 0.2) is 11.6 Å². The summed E-state index contributed by atoms with van der Waals surface area (Å²) in [5, 5.41) is 2.34. The highest BCUT2D eigenvalue weighted by Crippen LogP contribution is 2.54. The van der Waals surface area contributed by atoms with Crippen LogP contribution >= 0.6 is 0 Å². The minimum absolute atomic E-state index is 0.138. The fourth-order valence-electron chi connectivity index (χ4n) is 8.68. The molecule has 0 saturated carbocycles. The van der Waals surface area contributed by atoms with Crippen molar-refractivity contribution in [2.45, 2.75) is 18.9 Å². The lowest BCUT2D eigenvalue weighted by atomic mass is 9.91. The molecule has 1 unspecified atom stereocenters. The van der Waals surface area contributed by atoms with E-state index in [0.29, 0.717) is 30.0 Å². The Morgan fingerprint density at radius 1 is 0.617 bits per heavy atom. The van der Waals surface area contributed by atoms with E-state index in [9.17, 15) is 0 Å². The predicted molar refractivity (Wildman–Crippen MR) is 244 cm³/mol. The van der Waals surface area contributed by atoms with Gasteiger partial charge in [-0.1, -0.05) is 152 Å². The van der Waals surface area contributed by atoms with Crippen LogP contribution in [0.4, 0.5) is 17.3 Å². The van der Waals surface area contributed by atoms with Gasteiger partial charge in [0.25, 0.3) is 0 Å². The van der Waals surface area contributed by atoms with Crippen LogP contribution in [-0.4, -0.2) is 26.2 Å². The van der Waals surface area contributed by atoms with Gasteiger partial charge in [-0.3, -0.25) is 9.89 Å². The molecule has 7 heteroatoms. The van der Waals surface area contributed by atoms with Crippen molar-refractivity contribution in [3.63, 3.8) is 0 Å². The number of rotatable bonds is 9. The molecular formula is C53H38N6O. The number of anilines is 2. The van der Waals surface area contributed by atoms with Gasteiger partial charge >= 0.3 is 0 Å². The molecule has 0 amide bonds. The normalized spacial score (nSPS) is 14.2. The molecule has 2 aliphatic rings. The Morgan fingerprint density at radius 3 is 2.03 bits per heavy atom. The quantitative estimate of drug-likeness (QED) is 0.137. The van der Waals surface area contributed by atoms with Gasteiger partial charge in [-0.05, 0) is 71.8 Å². The van der Waals surface area contributed by atoms with E-state index >= 15 is 0 Å². The molecule has 1 atom stereocenters. The van der Waals surface area contributed by atoms with E-state index in [4.69, 9.17) is 19.7 Å². The number of fused-ring (bicyclic) bond motifs is 7. The SMILES string of the molecule is C=Nc1ccccc1OCc1ccc(-n2c3ccccc3c3ccc4c(c32)N(c2nc(-c3ccccc3)nc(-c3ccc(-c5ccccc5)cc3)n2)C2=CC=CCC24)cc1. The zero-order valence-corrected chi connectivity index (χ0v) is 32.7. The first-order valence-corrected chi connectivity index (χ1v) is 20.2. The Labute approximate surface area is 348 Å². The molecule has 2 aromatic heterocycles. The number of allylic oxidation sites excluding steroid dienone is 4. The topological polar surface area (TPSA) is 68.4 Å². The van der Waals surface area contributed by atoms with Crippen molar-refractivity contribution in [2.24, 2.45) is 4.99 Å². The van der Waals surface area contributed by atoms with Crippen LogP contribution < -0.4 is 9.64 Å². The van der Waals surface area contributed by atoms with Crippen molar-refractivity contribution in [1.82, 2.24) is 19.5 Å². The number of nitrogens with zero attached hydrogens (tertiary/aromatic N) is 6. The van der Waals surface area contributed by atoms with Crippen molar-refractivity contribution in [1.29, 1.82) is 0 Å². The molecule has 11 rings (SSSR count). The number of aliphatic imine (C=N–C) groups is 1. The third-order valence-electron chi connectivity index (χ3n) is 11.6. The number of hydrogen-bond donors (Lipinski definition) is 0.